The van der Waals surface area contributed by atoms with Crippen LogP contribution in [0.4, 0.5) is 10.1 Å². The molecule has 5 bridgehead atoms. The predicted molar refractivity (Wildman–Crippen MR) is 272 cm³/mol. The molecule has 9 rings (SSSR count). The van der Waals surface area contributed by atoms with Gasteiger partial charge in [0.2, 0.25) is 17.0 Å². The lowest BCUT2D eigenvalue weighted by Gasteiger charge is -2.40. The predicted octanol–water partition coefficient (Wildman–Crippen LogP) is 5.28. The minimum absolute atomic E-state index is 0.0157. The molecule has 21 heteroatoms. The Bertz CT molecular complexity index is 3150. The number of phenolic OH excluding ortho intramolecular Hbond substituents is 1. The molecule has 1 aromatic heterocycles. The lowest BCUT2D eigenvalue weighted by atomic mass is 9.78. The summed E-state index contributed by atoms with van der Waals surface area (Å²) in [6.45, 7) is 11.8. The number of carbonyl (C=O) groups is 6. The number of allylic oxidation sites excluding steroid dienone is 4. The summed E-state index contributed by atoms with van der Waals surface area (Å²) in [5, 5.41) is 47.2. The Morgan fingerprint density at radius 1 is 0.882 bits per heavy atom. The number of carboxylic acid groups (broad SMARTS) is 1. The average Bonchev–Trinajstić information content (AvgIpc) is 4.24. The number of pyridine rings is 1. The highest BCUT2D eigenvalue weighted by Crippen LogP contribution is 2.50. The fourth-order valence-corrected chi connectivity index (χ4v) is 10.9. The number of fused-ring (bicyclic) bond motifs is 15. The van der Waals surface area contributed by atoms with Crippen LogP contribution in [-0.4, -0.2) is 136 Å². The fraction of sp³-hybridized carbons (Fsp3) is 0.473. The van der Waals surface area contributed by atoms with Gasteiger partial charge >= 0.3 is 17.7 Å². The van der Waals surface area contributed by atoms with Crippen LogP contribution in [0.1, 0.15) is 114 Å². The van der Waals surface area contributed by atoms with E-state index in [2.05, 4.69) is 5.32 Å². The molecule has 4 aliphatic heterocycles. The SMILES string of the molecule is COc1c(N2CCN(C3=C4NC(=O)/C(C)=C\C=C\[C@H](C)[C@H](O)[C@@H](C)[C@@H](O)[C@@H](C)[C@H](OC(C)=O)[C@H](C)[C@@H](OC)/C=C/O[C@@]5(C)Oc6c(C)c(O)c(c(c6C5=O)C3=O)C4=O)CC2)c(F)cc2c(=O)c(C(=O)O)cn(C3CC3)c12. The molecule has 2 fully saturated rings. The number of hydrogen-bond donors (Lipinski definition) is 5. The number of Topliss-reactive ketones (excluding diaryl/α,β-unsaturated/α-hetero) is 3. The number of esters is 1. The number of aromatic hydroxyl groups is 1. The van der Waals surface area contributed by atoms with Crippen LogP contribution in [0.25, 0.3) is 10.9 Å². The highest BCUT2D eigenvalue weighted by molar-refractivity contribution is 6.32. The molecule has 20 nitrogen and oxygen atoms in total. The molecule has 5 heterocycles. The van der Waals surface area contributed by atoms with Gasteiger partial charge in [0.05, 0.1) is 59.3 Å². The van der Waals surface area contributed by atoms with Crippen molar-refractivity contribution in [1.29, 1.82) is 0 Å². The maximum atomic E-state index is 16.5. The third kappa shape index (κ3) is 9.52. The lowest BCUT2D eigenvalue weighted by Crippen LogP contribution is -2.50. The summed E-state index contributed by atoms with van der Waals surface area (Å²) in [4.78, 5) is 100. The molecule has 406 valence electrons. The van der Waals surface area contributed by atoms with Crippen LogP contribution >= 0.6 is 0 Å². The van der Waals surface area contributed by atoms with Crippen molar-refractivity contribution < 1.29 is 77.3 Å². The smallest absolute Gasteiger partial charge is 0.341 e. The van der Waals surface area contributed by atoms with Gasteiger partial charge in [0.15, 0.2) is 11.6 Å². The summed E-state index contributed by atoms with van der Waals surface area (Å²) >= 11 is 0. The van der Waals surface area contributed by atoms with Gasteiger partial charge in [-0.25, -0.2) is 9.18 Å². The monoisotopic (exact) mass is 1050 g/mol. The van der Waals surface area contributed by atoms with Crippen LogP contribution in [-0.2, 0) is 23.8 Å². The number of nitrogens with zero attached hydrogens (tertiary/aromatic N) is 3. The van der Waals surface area contributed by atoms with Gasteiger partial charge in [0.1, 0.15) is 40.2 Å². The van der Waals surface area contributed by atoms with Gasteiger partial charge in [-0.3, -0.25) is 28.8 Å². The van der Waals surface area contributed by atoms with E-state index in [0.29, 0.717) is 12.8 Å². The number of phenols is 1. The number of ether oxygens (including phenoxy) is 5. The highest BCUT2D eigenvalue weighted by atomic mass is 19.1. The van der Waals surface area contributed by atoms with E-state index in [1.54, 1.807) is 43.2 Å². The van der Waals surface area contributed by atoms with Crippen LogP contribution in [0.3, 0.4) is 0 Å². The molecule has 76 heavy (non-hydrogen) atoms. The lowest BCUT2D eigenvalue weighted by molar-refractivity contribution is -0.160. The Hall–Kier alpha value is -7.36. The molecule has 1 saturated heterocycles. The van der Waals surface area contributed by atoms with E-state index in [1.165, 1.54) is 71.2 Å². The summed E-state index contributed by atoms with van der Waals surface area (Å²) < 4.78 is 47.6. The minimum atomic E-state index is -2.20. The quantitative estimate of drug-likeness (QED) is 0.189. The Kier molecular flexibility index (Phi) is 15.2. The van der Waals surface area contributed by atoms with Crippen molar-refractivity contribution in [1.82, 2.24) is 14.8 Å². The number of methoxy groups -OCH3 is 2. The average molecular weight is 1060 g/mol. The molecule has 1 saturated carbocycles. The first-order valence-electron chi connectivity index (χ1n) is 25.1. The first kappa shape index (κ1) is 54.9. The molecule has 5 N–H and O–H groups in total. The molecule has 0 radical (unpaired) electrons. The molecule has 6 aliphatic rings. The molecule has 0 spiro atoms. The number of ketones is 3. The van der Waals surface area contributed by atoms with E-state index < -0.39 is 128 Å². The normalized spacial score (nSPS) is 29.1. The summed E-state index contributed by atoms with van der Waals surface area (Å²) in [7, 11) is 2.70. The first-order valence-corrected chi connectivity index (χ1v) is 25.1. The number of aliphatic hydroxyl groups excluding tert-OH is 2. The molecule has 9 atom stereocenters. The van der Waals surface area contributed by atoms with Crippen molar-refractivity contribution in [3.05, 3.63) is 104 Å². The van der Waals surface area contributed by atoms with Crippen molar-refractivity contribution in [2.75, 3.05) is 45.3 Å². The molecule has 1 amide bonds. The fourth-order valence-electron chi connectivity index (χ4n) is 10.9. The van der Waals surface area contributed by atoms with E-state index >= 15 is 14.0 Å². The zero-order valence-electron chi connectivity index (χ0n) is 43.9. The molecular formula is C55H63FN4O16. The number of benzene rings is 2. The van der Waals surface area contributed by atoms with Gasteiger partial charge in [-0.15, -0.1) is 0 Å². The number of aromatic carboxylic acids is 1. The second-order valence-corrected chi connectivity index (χ2v) is 20.4. The topological polar surface area (TPSA) is 270 Å². The third-order valence-corrected chi connectivity index (χ3v) is 15.4. The van der Waals surface area contributed by atoms with Crippen molar-refractivity contribution >= 4 is 51.8 Å². The summed E-state index contributed by atoms with van der Waals surface area (Å²) in [6, 6.07) is 0.823. The van der Waals surface area contributed by atoms with Gasteiger partial charge < -0.3 is 63.8 Å². The van der Waals surface area contributed by atoms with Gasteiger partial charge in [-0.05, 0) is 38.8 Å². The van der Waals surface area contributed by atoms with Crippen LogP contribution < -0.4 is 25.1 Å². The van der Waals surface area contributed by atoms with E-state index in [4.69, 9.17) is 23.7 Å². The van der Waals surface area contributed by atoms with Crippen molar-refractivity contribution in [3.63, 3.8) is 0 Å². The van der Waals surface area contributed by atoms with E-state index in [9.17, 15) is 44.4 Å². The maximum absolute atomic E-state index is 16.5. The van der Waals surface area contributed by atoms with E-state index in [1.807, 2.05) is 0 Å². The Morgan fingerprint density at radius 3 is 2.14 bits per heavy atom. The number of aliphatic hydroxyl groups is 2. The minimum Gasteiger partial charge on any atom is -0.507 e. The van der Waals surface area contributed by atoms with Gasteiger partial charge in [-0.2, -0.15) is 0 Å². The summed E-state index contributed by atoms with van der Waals surface area (Å²) in [5.41, 5.74) is -3.58. The first-order chi connectivity index (χ1) is 35.9. The van der Waals surface area contributed by atoms with Gasteiger partial charge in [0, 0.05) is 94.2 Å². The number of carboxylic acids is 1. The van der Waals surface area contributed by atoms with Crippen molar-refractivity contribution in [2.45, 2.75) is 104 Å². The molecule has 2 aromatic carbocycles. The Balaban J connectivity index is 1.22. The number of rotatable bonds is 7. The number of hydrogen-bond acceptors (Lipinski definition) is 17. The Labute approximate surface area is 437 Å². The zero-order chi connectivity index (χ0) is 55.6. The molecule has 2 aliphatic carbocycles. The second kappa shape index (κ2) is 21.0. The van der Waals surface area contributed by atoms with Crippen LogP contribution in [0.5, 0.6) is 17.2 Å². The number of anilines is 1. The number of carbonyl (C=O) groups excluding carboxylic acids is 5. The maximum Gasteiger partial charge on any atom is 0.341 e. The number of amides is 1. The summed E-state index contributed by atoms with van der Waals surface area (Å²) in [6.07, 6.45) is 5.54. The zero-order valence-corrected chi connectivity index (χ0v) is 43.9. The number of aromatic nitrogens is 1. The van der Waals surface area contributed by atoms with E-state index in [-0.39, 0.29) is 82.7 Å². The highest BCUT2D eigenvalue weighted by Gasteiger charge is 2.53. The Morgan fingerprint density at radius 2 is 1.54 bits per heavy atom. The molecular weight excluding hydrogens is 992 g/mol. The standard InChI is InChI=1S/C55H63FN4O16/c1-24-12-11-13-25(2)53(69)57-39-42(59-19-17-58(18-20-59)41-34(56)22-32-40(51(41)73-10)60(31-14-15-31)23-33(46(32)65)54(70)71)48(67)36-37(47(39)66)45(64)29(6)50-38(36)52(68)55(8,76-50)74-21-16-35(72-9)26(3)49(75-30(7)61)28(5)44(63)27(4)43(24)62/h11-13,16,21-24,26-28,31,35,43-44,49,62-64H,14-15,17-20H2,1-10H3,(H,57,69)(H,70,71)/b12-11+,21-16+,25-13-/t24-,26+,27+,28+,35-,43-,44+,49+,55-/m0/s1. The second-order valence-electron chi connectivity index (χ2n) is 20.4. The van der Waals surface area contributed by atoms with Crippen molar-refractivity contribution in [3.8, 4) is 17.2 Å². The van der Waals surface area contributed by atoms with E-state index in [0.717, 1.165) is 12.3 Å². The van der Waals surface area contributed by atoms with Gasteiger partial charge in [0.25, 0.3) is 11.7 Å². The molecule has 0 unspecified atom stereocenters. The largest absolute Gasteiger partial charge is 0.507 e. The molecule has 3 aromatic rings. The summed E-state index contributed by atoms with van der Waals surface area (Å²) in [5.74, 6) is -12.6. The van der Waals surface area contributed by atoms with Crippen LogP contribution in [0.15, 0.2) is 64.6 Å². The van der Waals surface area contributed by atoms with Gasteiger partial charge in [-0.1, -0.05) is 45.9 Å². The van der Waals surface area contributed by atoms with Crippen LogP contribution in [0, 0.1) is 36.4 Å². The third-order valence-electron chi connectivity index (χ3n) is 15.4. The number of nitrogens with one attached hydrogen (secondary N) is 1. The van der Waals surface area contributed by atoms with Crippen molar-refractivity contribution in [2.24, 2.45) is 23.7 Å². The number of halogens is 1. The number of piperazine rings is 1. The van der Waals surface area contributed by atoms with Crippen LogP contribution in [0.2, 0.25) is 0 Å².